The van der Waals surface area contributed by atoms with Gasteiger partial charge in [0.05, 0.1) is 0 Å². The highest BCUT2D eigenvalue weighted by molar-refractivity contribution is 5.70. The Labute approximate surface area is 119 Å². The van der Waals surface area contributed by atoms with Crippen LogP contribution >= 0.6 is 0 Å². The van der Waals surface area contributed by atoms with E-state index in [2.05, 4.69) is 10.6 Å². The molecule has 2 aliphatic heterocycles. The standard InChI is InChI=1S/C15H21N3O2/c19-15(18-10-8-16-9-11-18)20-13-5-3-12(4-6-13)14-2-1-7-17-14/h3-6,14,16-17H,1-2,7-11H2. The van der Waals surface area contributed by atoms with Crippen LogP contribution in [0, 0.1) is 0 Å². The predicted molar refractivity (Wildman–Crippen MR) is 76.9 cm³/mol. The topological polar surface area (TPSA) is 53.6 Å². The van der Waals surface area contributed by atoms with Crippen molar-refractivity contribution in [3.05, 3.63) is 29.8 Å². The van der Waals surface area contributed by atoms with Crippen LogP contribution in [0.4, 0.5) is 4.79 Å². The number of piperazine rings is 1. The van der Waals surface area contributed by atoms with E-state index in [0.29, 0.717) is 24.9 Å². The van der Waals surface area contributed by atoms with Crippen LogP contribution in [0.3, 0.4) is 0 Å². The van der Waals surface area contributed by atoms with Crippen molar-refractivity contribution in [1.82, 2.24) is 15.5 Å². The molecule has 3 rings (SSSR count). The number of nitrogens with one attached hydrogen (secondary N) is 2. The molecule has 0 saturated carbocycles. The lowest BCUT2D eigenvalue weighted by Gasteiger charge is -2.26. The van der Waals surface area contributed by atoms with E-state index < -0.39 is 0 Å². The fourth-order valence-corrected chi connectivity index (χ4v) is 2.75. The Morgan fingerprint density at radius 1 is 1.15 bits per heavy atom. The van der Waals surface area contributed by atoms with Crippen molar-refractivity contribution in [3.63, 3.8) is 0 Å². The molecule has 0 aliphatic carbocycles. The fourth-order valence-electron chi connectivity index (χ4n) is 2.75. The van der Waals surface area contributed by atoms with Crippen LogP contribution in [0.5, 0.6) is 5.75 Å². The Bertz CT molecular complexity index is 449. The first kappa shape index (κ1) is 13.4. The van der Waals surface area contributed by atoms with E-state index in [9.17, 15) is 4.79 Å². The molecule has 0 radical (unpaired) electrons. The van der Waals surface area contributed by atoms with Crippen molar-refractivity contribution in [2.75, 3.05) is 32.7 Å². The molecule has 1 atom stereocenters. The van der Waals surface area contributed by atoms with Gasteiger partial charge in [0.25, 0.3) is 0 Å². The van der Waals surface area contributed by atoms with Crippen molar-refractivity contribution >= 4 is 6.09 Å². The van der Waals surface area contributed by atoms with Crippen LogP contribution in [0.1, 0.15) is 24.4 Å². The molecule has 2 N–H and O–H groups in total. The lowest BCUT2D eigenvalue weighted by atomic mass is 10.1. The second-order valence-electron chi connectivity index (χ2n) is 5.32. The lowest BCUT2D eigenvalue weighted by Crippen LogP contribution is -2.47. The number of carbonyl (C=O) groups excluding carboxylic acids is 1. The summed E-state index contributed by atoms with van der Waals surface area (Å²) in [6.07, 6.45) is 2.16. The predicted octanol–water partition coefficient (Wildman–Crippen LogP) is 1.52. The maximum atomic E-state index is 12.0. The average Bonchev–Trinajstić information content (AvgIpc) is 3.03. The monoisotopic (exact) mass is 275 g/mol. The largest absolute Gasteiger partial charge is 0.415 e. The third-order valence-corrected chi connectivity index (χ3v) is 3.92. The van der Waals surface area contributed by atoms with Crippen molar-refractivity contribution in [2.24, 2.45) is 0 Å². The Hall–Kier alpha value is -1.59. The van der Waals surface area contributed by atoms with Crippen molar-refractivity contribution in [3.8, 4) is 5.75 Å². The van der Waals surface area contributed by atoms with E-state index in [4.69, 9.17) is 4.74 Å². The summed E-state index contributed by atoms with van der Waals surface area (Å²) >= 11 is 0. The van der Waals surface area contributed by atoms with Crippen LogP contribution in [-0.2, 0) is 0 Å². The van der Waals surface area contributed by atoms with E-state index in [1.165, 1.54) is 18.4 Å². The second kappa shape index (κ2) is 6.24. The second-order valence-corrected chi connectivity index (χ2v) is 5.32. The van der Waals surface area contributed by atoms with E-state index in [1.807, 2.05) is 24.3 Å². The SMILES string of the molecule is O=C(Oc1ccc(C2CCCN2)cc1)N1CCNCC1. The third-order valence-electron chi connectivity index (χ3n) is 3.92. The van der Waals surface area contributed by atoms with Gasteiger partial charge >= 0.3 is 6.09 Å². The minimum absolute atomic E-state index is 0.252. The van der Waals surface area contributed by atoms with Gasteiger partial charge in [-0.2, -0.15) is 0 Å². The molecule has 2 saturated heterocycles. The number of rotatable bonds is 2. The minimum atomic E-state index is -0.252. The van der Waals surface area contributed by atoms with Crippen LogP contribution in [0.25, 0.3) is 0 Å². The highest BCUT2D eigenvalue weighted by atomic mass is 16.6. The summed E-state index contributed by atoms with van der Waals surface area (Å²) in [5, 5.41) is 6.68. The normalized spacial score (nSPS) is 22.8. The number of benzene rings is 1. The Morgan fingerprint density at radius 2 is 1.90 bits per heavy atom. The van der Waals surface area contributed by atoms with Crippen LogP contribution in [0.2, 0.25) is 0 Å². The highest BCUT2D eigenvalue weighted by Gasteiger charge is 2.19. The maximum absolute atomic E-state index is 12.0. The number of amides is 1. The first-order valence-corrected chi connectivity index (χ1v) is 7.34. The summed E-state index contributed by atoms with van der Waals surface area (Å²) in [5.74, 6) is 0.621. The number of nitrogens with zero attached hydrogens (tertiary/aromatic N) is 1. The van der Waals surface area contributed by atoms with Crippen LogP contribution < -0.4 is 15.4 Å². The molecular weight excluding hydrogens is 254 g/mol. The van der Waals surface area contributed by atoms with E-state index in [0.717, 1.165) is 19.6 Å². The van der Waals surface area contributed by atoms with Gasteiger partial charge in [0, 0.05) is 32.2 Å². The molecule has 108 valence electrons. The molecule has 1 aromatic carbocycles. The van der Waals surface area contributed by atoms with E-state index >= 15 is 0 Å². The quantitative estimate of drug-likeness (QED) is 0.859. The van der Waals surface area contributed by atoms with Crippen LogP contribution in [-0.4, -0.2) is 43.7 Å². The number of ether oxygens (including phenoxy) is 1. The molecule has 0 spiro atoms. The third kappa shape index (κ3) is 3.11. The van der Waals surface area contributed by atoms with Gasteiger partial charge in [0.1, 0.15) is 5.75 Å². The number of hydrogen-bond donors (Lipinski definition) is 2. The average molecular weight is 275 g/mol. The van der Waals surface area contributed by atoms with Gasteiger partial charge in [0.2, 0.25) is 0 Å². The summed E-state index contributed by atoms with van der Waals surface area (Å²) in [7, 11) is 0. The lowest BCUT2D eigenvalue weighted by molar-refractivity contribution is 0.146. The fraction of sp³-hybridized carbons (Fsp3) is 0.533. The summed E-state index contributed by atoms with van der Waals surface area (Å²) in [5.41, 5.74) is 1.27. The zero-order valence-corrected chi connectivity index (χ0v) is 11.6. The Kier molecular flexibility index (Phi) is 4.18. The molecule has 20 heavy (non-hydrogen) atoms. The maximum Gasteiger partial charge on any atom is 0.415 e. The molecule has 0 bridgehead atoms. The van der Waals surface area contributed by atoms with Gasteiger partial charge in [-0.15, -0.1) is 0 Å². The van der Waals surface area contributed by atoms with Gasteiger partial charge < -0.3 is 20.3 Å². The molecule has 1 unspecified atom stereocenters. The zero-order valence-electron chi connectivity index (χ0n) is 11.6. The molecule has 2 heterocycles. The number of hydrogen-bond acceptors (Lipinski definition) is 4. The smallest absolute Gasteiger partial charge is 0.410 e. The van der Waals surface area contributed by atoms with Crippen molar-refractivity contribution < 1.29 is 9.53 Å². The molecule has 0 aromatic heterocycles. The van der Waals surface area contributed by atoms with Gasteiger partial charge in [0.15, 0.2) is 0 Å². The number of carbonyl (C=O) groups is 1. The molecular formula is C15H21N3O2. The van der Waals surface area contributed by atoms with Gasteiger partial charge in [-0.05, 0) is 37.1 Å². The summed E-state index contributed by atoms with van der Waals surface area (Å²) < 4.78 is 5.41. The van der Waals surface area contributed by atoms with Crippen molar-refractivity contribution in [1.29, 1.82) is 0 Å². The summed E-state index contributed by atoms with van der Waals surface area (Å²) in [4.78, 5) is 13.7. The zero-order chi connectivity index (χ0) is 13.8. The van der Waals surface area contributed by atoms with Gasteiger partial charge in [-0.25, -0.2) is 4.79 Å². The Morgan fingerprint density at radius 3 is 2.55 bits per heavy atom. The molecule has 2 aliphatic rings. The van der Waals surface area contributed by atoms with Gasteiger partial charge in [-0.3, -0.25) is 0 Å². The molecule has 5 heteroatoms. The minimum Gasteiger partial charge on any atom is -0.410 e. The highest BCUT2D eigenvalue weighted by Crippen LogP contribution is 2.24. The molecule has 1 aromatic rings. The first-order chi connectivity index (χ1) is 9.83. The molecule has 2 fully saturated rings. The van der Waals surface area contributed by atoms with E-state index in [1.54, 1.807) is 4.90 Å². The Balaban J connectivity index is 1.58. The van der Waals surface area contributed by atoms with Crippen molar-refractivity contribution in [2.45, 2.75) is 18.9 Å². The molecule has 5 nitrogen and oxygen atoms in total. The molecule has 1 amide bonds. The van der Waals surface area contributed by atoms with Crippen LogP contribution in [0.15, 0.2) is 24.3 Å². The van der Waals surface area contributed by atoms with Gasteiger partial charge in [-0.1, -0.05) is 12.1 Å². The summed E-state index contributed by atoms with van der Waals surface area (Å²) in [6.45, 7) is 4.18. The first-order valence-electron chi connectivity index (χ1n) is 7.34. The summed E-state index contributed by atoms with van der Waals surface area (Å²) in [6, 6.07) is 8.31. The van der Waals surface area contributed by atoms with E-state index in [-0.39, 0.29) is 6.09 Å².